The molecule has 2 rings (SSSR count). The van der Waals surface area contributed by atoms with Crippen molar-refractivity contribution in [3.63, 3.8) is 0 Å². The number of carboxylic acids is 1. The van der Waals surface area contributed by atoms with Gasteiger partial charge in [-0.1, -0.05) is 51.9 Å². The summed E-state index contributed by atoms with van der Waals surface area (Å²) in [5.74, 6) is -2.56. The molecule has 36 heavy (non-hydrogen) atoms. The number of ketones is 2. The van der Waals surface area contributed by atoms with Gasteiger partial charge in [0.05, 0.1) is 14.2 Å². The Labute approximate surface area is 211 Å². The number of Topliss-reactive ketones (excluding diaryl/α,β-unsaturated/α-hetero) is 2. The number of methoxy groups -OCH3 is 2. The number of rotatable bonds is 15. The number of unbranched alkanes of at least 4 members (excludes halogenated alkanes) is 7. The highest BCUT2D eigenvalue weighted by molar-refractivity contribution is 6.11. The highest BCUT2D eigenvalue weighted by atomic mass is 16.7. The summed E-state index contributed by atoms with van der Waals surface area (Å²) in [6, 6.07) is 0. The second-order valence-corrected chi connectivity index (χ2v) is 9.41. The quantitative estimate of drug-likeness (QED) is 0.232. The summed E-state index contributed by atoms with van der Waals surface area (Å²) in [6.07, 6.45) is 0.189. The molecule has 0 bridgehead atoms. The van der Waals surface area contributed by atoms with E-state index in [4.69, 9.17) is 24.1 Å². The molecule has 206 valence electrons. The first-order chi connectivity index (χ1) is 17.1. The van der Waals surface area contributed by atoms with Crippen molar-refractivity contribution in [3.05, 3.63) is 11.5 Å². The van der Waals surface area contributed by atoms with E-state index in [9.17, 15) is 29.7 Å². The van der Waals surface area contributed by atoms with Crippen molar-refractivity contribution in [2.45, 2.75) is 95.4 Å². The number of aliphatic hydroxyl groups excluding tert-OH is 3. The first kappa shape index (κ1) is 30.2. The van der Waals surface area contributed by atoms with Gasteiger partial charge in [0.25, 0.3) is 0 Å². The second kappa shape index (κ2) is 14.6. The van der Waals surface area contributed by atoms with E-state index >= 15 is 0 Å². The van der Waals surface area contributed by atoms with E-state index in [1.165, 1.54) is 14.2 Å². The van der Waals surface area contributed by atoms with Crippen molar-refractivity contribution in [1.82, 2.24) is 0 Å². The van der Waals surface area contributed by atoms with Crippen molar-refractivity contribution >= 4 is 17.5 Å². The average Bonchev–Trinajstić information content (AvgIpc) is 2.85. The van der Waals surface area contributed by atoms with E-state index in [-0.39, 0.29) is 35.6 Å². The van der Waals surface area contributed by atoms with Gasteiger partial charge in [0, 0.05) is 18.4 Å². The number of carbonyl (C=O) groups excluding carboxylic acids is 2. The highest BCUT2D eigenvalue weighted by Crippen LogP contribution is 2.33. The Kier molecular flexibility index (Phi) is 12.3. The van der Waals surface area contributed by atoms with Crippen LogP contribution in [0.5, 0.6) is 0 Å². The van der Waals surface area contributed by atoms with Crippen molar-refractivity contribution in [3.8, 4) is 0 Å². The number of carbonyl (C=O) groups is 3. The minimum Gasteiger partial charge on any atom is -0.490 e. The minimum absolute atomic E-state index is 0.0138. The molecular formula is C25H40O11. The summed E-state index contributed by atoms with van der Waals surface area (Å²) >= 11 is 0. The Balaban J connectivity index is 1.56. The van der Waals surface area contributed by atoms with E-state index in [2.05, 4.69) is 0 Å². The normalized spacial score (nSPS) is 31.0. The predicted octanol–water partition coefficient (Wildman–Crippen LogP) is 1.31. The maximum absolute atomic E-state index is 12.7. The maximum Gasteiger partial charge on any atom is 0.335 e. The molecular weight excluding hydrogens is 476 g/mol. The molecule has 7 unspecified atom stereocenters. The van der Waals surface area contributed by atoms with E-state index < -0.39 is 42.6 Å². The summed E-state index contributed by atoms with van der Waals surface area (Å²) in [4.78, 5) is 36.2. The maximum atomic E-state index is 12.7. The van der Waals surface area contributed by atoms with Crippen LogP contribution in [0, 0.1) is 11.8 Å². The van der Waals surface area contributed by atoms with Crippen LogP contribution in [0.4, 0.5) is 0 Å². The number of aliphatic carboxylic acids is 1. The third-order valence-corrected chi connectivity index (χ3v) is 6.92. The van der Waals surface area contributed by atoms with E-state index in [0.29, 0.717) is 12.8 Å². The highest BCUT2D eigenvalue weighted by Gasteiger charge is 2.47. The molecule has 1 heterocycles. The Morgan fingerprint density at radius 3 is 1.89 bits per heavy atom. The SMILES string of the molecule is COC1=C(OC)C(=O)C(CCCCCCCCCCOC2OC(C(=O)O)C(O)C(O)C2O)C(C)C1=O. The average molecular weight is 517 g/mol. The molecule has 0 saturated carbocycles. The van der Waals surface area contributed by atoms with Crippen LogP contribution in [0.15, 0.2) is 11.5 Å². The van der Waals surface area contributed by atoms with Crippen LogP contribution in [0.2, 0.25) is 0 Å². The molecule has 1 aliphatic heterocycles. The molecule has 0 radical (unpaired) electrons. The number of carboxylic acid groups (broad SMARTS) is 1. The first-order valence-corrected chi connectivity index (χ1v) is 12.6. The lowest BCUT2D eigenvalue weighted by Gasteiger charge is -2.38. The van der Waals surface area contributed by atoms with Crippen molar-refractivity contribution in [2.75, 3.05) is 20.8 Å². The first-order valence-electron chi connectivity index (χ1n) is 12.6. The van der Waals surface area contributed by atoms with Crippen LogP contribution in [0.1, 0.15) is 64.7 Å². The number of ether oxygens (including phenoxy) is 4. The van der Waals surface area contributed by atoms with Gasteiger partial charge in [-0.2, -0.15) is 0 Å². The summed E-state index contributed by atoms with van der Waals surface area (Å²) in [6.45, 7) is 1.99. The molecule has 0 amide bonds. The second-order valence-electron chi connectivity index (χ2n) is 9.41. The molecule has 11 nitrogen and oxygen atoms in total. The molecule has 0 aromatic rings. The van der Waals surface area contributed by atoms with Crippen molar-refractivity contribution < 1.29 is 53.8 Å². The van der Waals surface area contributed by atoms with Gasteiger partial charge in [-0.3, -0.25) is 9.59 Å². The smallest absolute Gasteiger partial charge is 0.335 e. The number of allylic oxidation sites excluding steroid dienone is 2. The van der Waals surface area contributed by atoms with Crippen molar-refractivity contribution in [2.24, 2.45) is 11.8 Å². The zero-order valence-corrected chi connectivity index (χ0v) is 21.3. The summed E-state index contributed by atoms with van der Waals surface area (Å²) < 4.78 is 20.7. The fraction of sp³-hybridized carbons (Fsp3) is 0.800. The number of hydrogen-bond donors (Lipinski definition) is 4. The largest absolute Gasteiger partial charge is 0.490 e. The number of hydrogen-bond acceptors (Lipinski definition) is 10. The Morgan fingerprint density at radius 2 is 1.33 bits per heavy atom. The molecule has 1 fully saturated rings. The van der Waals surface area contributed by atoms with Crippen LogP contribution in [-0.4, -0.2) is 89.5 Å². The lowest BCUT2D eigenvalue weighted by Crippen LogP contribution is -2.60. The third-order valence-electron chi connectivity index (χ3n) is 6.92. The van der Waals surface area contributed by atoms with Gasteiger partial charge in [-0.15, -0.1) is 0 Å². The molecule has 11 heteroatoms. The van der Waals surface area contributed by atoms with Gasteiger partial charge < -0.3 is 39.4 Å². The van der Waals surface area contributed by atoms with Gasteiger partial charge in [0.1, 0.15) is 18.3 Å². The topological polar surface area (TPSA) is 169 Å². The van der Waals surface area contributed by atoms with Crippen LogP contribution in [0.25, 0.3) is 0 Å². The molecule has 1 aliphatic carbocycles. The van der Waals surface area contributed by atoms with Crippen LogP contribution in [0.3, 0.4) is 0 Å². The van der Waals surface area contributed by atoms with Gasteiger partial charge >= 0.3 is 5.97 Å². The molecule has 7 atom stereocenters. The Bertz CT molecular complexity index is 780. The predicted molar refractivity (Wildman–Crippen MR) is 126 cm³/mol. The standard InChI is InChI=1S/C25H40O11/c1-14-15(17(27)22(34-3)21(33-2)16(14)26)12-10-8-6-4-5-7-9-11-13-35-25-20(30)18(28)19(29)23(36-25)24(31)32/h14-15,18-20,23,25,28-30H,4-13H2,1-3H3,(H,31,32). The van der Waals surface area contributed by atoms with Crippen LogP contribution in [-0.2, 0) is 33.3 Å². The third kappa shape index (κ3) is 7.48. The molecule has 4 N–H and O–H groups in total. The molecule has 2 aliphatic rings. The zero-order chi connectivity index (χ0) is 26.8. The van der Waals surface area contributed by atoms with Gasteiger partial charge in [0.2, 0.25) is 23.1 Å². The monoisotopic (exact) mass is 516 g/mol. The van der Waals surface area contributed by atoms with Crippen LogP contribution >= 0.6 is 0 Å². The zero-order valence-electron chi connectivity index (χ0n) is 21.3. The molecule has 0 aromatic heterocycles. The molecule has 1 saturated heterocycles. The Morgan fingerprint density at radius 1 is 0.806 bits per heavy atom. The minimum atomic E-state index is -1.73. The van der Waals surface area contributed by atoms with E-state index in [0.717, 1.165) is 44.9 Å². The van der Waals surface area contributed by atoms with Crippen molar-refractivity contribution in [1.29, 1.82) is 0 Å². The summed E-state index contributed by atoms with van der Waals surface area (Å²) in [7, 11) is 2.74. The van der Waals surface area contributed by atoms with Crippen LogP contribution < -0.4 is 0 Å². The van der Waals surface area contributed by atoms with Gasteiger partial charge in [-0.05, 0) is 12.8 Å². The van der Waals surface area contributed by atoms with Gasteiger partial charge in [0.15, 0.2) is 12.4 Å². The molecule has 0 aromatic carbocycles. The number of aliphatic hydroxyl groups is 3. The lowest BCUT2D eigenvalue weighted by atomic mass is 9.77. The van der Waals surface area contributed by atoms with E-state index in [1.54, 1.807) is 6.92 Å². The Hall–Kier alpha value is -2.05. The van der Waals surface area contributed by atoms with Gasteiger partial charge in [-0.25, -0.2) is 4.79 Å². The lowest BCUT2D eigenvalue weighted by molar-refractivity contribution is -0.294. The summed E-state index contributed by atoms with van der Waals surface area (Å²) in [5.41, 5.74) is 0. The fourth-order valence-electron chi connectivity index (χ4n) is 4.69. The molecule has 0 spiro atoms. The fourth-order valence-corrected chi connectivity index (χ4v) is 4.69. The summed E-state index contributed by atoms with van der Waals surface area (Å²) in [5, 5.41) is 38.4. The van der Waals surface area contributed by atoms with E-state index in [1.807, 2.05) is 0 Å².